The van der Waals surface area contributed by atoms with Gasteiger partial charge in [-0.25, -0.2) is 5.48 Å². The number of carbonyl (C=O) groups excluding carboxylic acids is 1. The molecular weight excluding hydrogens is 378 g/mol. The third kappa shape index (κ3) is 7.86. The Morgan fingerprint density at radius 3 is 2.53 bits per heavy atom. The molecule has 1 amide bonds. The van der Waals surface area contributed by atoms with E-state index in [2.05, 4.69) is 29.9 Å². The van der Waals surface area contributed by atoms with Crippen LogP contribution in [0.3, 0.4) is 0 Å². The van der Waals surface area contributed by atoms with E-state index in [9.17, 15) is 10.0 Å². The average Bonchev–Trinajstić information content (AvgIpc) is 2.73. The summed E-state index contributed by atoms with van der Waals surface area (Å²) < 4.78 is 5.65. The molecule has 2 N–H and O–H groups in total. The molecular formula is C24H35N3O3. The number of rotatable bonds is 12. The Morgan fingerprint density at radius 1 is 1.17 bits per heavy atom. The standard InChI is InChI=1S/C24H35N3O3/c1-18-8-10-20(11-9-18)23(30-4)16-21(24(28)26-29)7-5-6-14-27(3)17-22-15-19(2)12-13-25-22/h8-13,15,21,23,29H,5-7,14,16-17H2,1-4H3,(H,26,28)/t21-,23+/m0/s1. The molecule has 0 aliphatic rings. The molecule has 0 unspecified atom stereocenters. The van der Waals surface area contributed by atoms with Gasteiger partial charge >= 0.3 is 0 Å². The number of aryl methyl sites for hydroxylation is 2. The topological polar surface area (TPSA) is 74.7 Å². The number of aromatic nitrogens is 1. The summed E-state index contributed by atoms with van der Waals surface area (Å²) in [7, 11) is 3.74. The highest BCUT2D eigenvalue weighted by atomic mass is 16.5. The van der Waals surface area contributed by atoms with Gasteiger partial charge in [0, 0.05) is 25.8 Å². The van der Waals surface area contributed by atoms with Gasteiger partial charge in [0.25, 0.3) is 0 Å². The number of nitrogens with zero attached hydrogens (tertiary/aromatic N) is 2. The highest BCUT2D eigenvalue weighted by Crippen LogP contribution is 2.28. The van der Waals surface area contributed by atoms with E-state index in [0.29, 0.717) is 12.8 Å². The van der Waals surface area contributed by atoms with Crippen LogP contribution < -0.4 is 5.48 Å². The predicted molar refractivity (Wildman–Crippen MR) is 118 cm³/mol. The van der Waals surface area contributed by atoms with Crippen LogP contribution >= 0.6 is 0 Å². The quantitative estimate of drug-likeness (QED) is 0.310. The van der Waals surface area contributed by atoms with Gasteiger partial charge in [-0.2, -0.15) is 0 Å². The summed E-state index contributed by atoms with van der Waals surface area (Å²) in [5.41, 5.74) is 6.34. The van der Waals surface area contributed by atoms with Gasteiger partial charge in [-0.3, -0.25) is 15.0 Å². The predicted octanol–water partition coefficient (Wildman–Crippen LogP) is 4.20. The minimum Gasteiger partial charge on any atom is -0.377 e. The summed E-state index contributed by atoms with van der Waals surface area (Å²) in [6, 6.07) is 12.3. The van der Waals surface area contributed by atoms with Crippen molar-refractivity contribution >= 4 is 5.91 Å². The molecule has 0 radical (unpaired) electrons. The second-order valence-electron chi connectivity index (χ2n) is 8.10. The number of benzene rings is 1. The first-order valence-electron chi connectivity index (χ1n) is 10.6. The maximum absolute atomic E-state index is 12.2. The Morgan fingerprint density at radius 2 is 1.90 bits per heavy atom. The number of carbonyl (C=O) groups is 1. The second kappa shape index (κ2) is 12.4. The van der Waals surface area contributed by atoms with Crippen molar-refractivity contribution in [3.05, 3.63) is 65.0 Å². The first-order valence-corrected chi connectivity index (χ1v) is 10.6. The van der Waals surface area contributed by atoms with Crippen LogP contribution in [0, 0.1) is 19.8 Å². The van der Waals surface area contributed by atoms with Crippen molar-refractivity contribution in [1.82, 2.24) is 15.4 Å². The normalized spacial score (nSPS) is 13.3. The van der Waals surface area contributed by atoms with Gasteiger partial charge in [0.05, 0.1) is 11.8 Å². The molecule has 2 rings (SSSR count). The number of unbranched alkanes of at least 4 members (excludes halogenated alkanes) is 1. The lowest BCUT2D eigenvalue weighted by atomic mass is 9.91. The molecule has 1 aromatic heterocycles. The zero-order valence-corrected chi connectivity index (χ0v) is 18.6. The van der Waals surface area contributed by atoms with E-state index in [0.717, 1.165) is 37.2 Å². The van der Waals surface area contributed by atoms with Gasteiger partial charge in [-0.05, 0) is 70.0 Å². The molecule has 164 valence electrons. The number of amides is 1. The molecule has 0 aliphatic heterocycles. The van der Waals surface area contributed by atoms with Crippen LogP contribution in [0.1, 0.15) is 54.2 Å². The van der Waals surface area contributed by atoms with E-state index in [-0.39, 0.29) is 17.9 Å². The zero-order valence-electron chi connectivity index (χ0n) is 18.6. The van der Waals surface area contributed by atoms with Gasteiger partial charge in [0.1, 0.15) is 0 Å². The fraction of sp³-hybridized carbons (Fsp3) is 0.500. The van der Waals surface area contributed by atoms with Crippen LogP contribution in [0.2, 0.25) is 0 Å². The van der Waals surface area contributed by atoms with Crippen molar-refractivity contribution in [1.29, 1.82) is 0 Å². The van der Waals surface area contributed by atoms with Crippen LogP contribution in [-0.2, 0) is 16.1 Å². The fourth-order valence-corrected chi connectivity index (χ4v) is 3.67. The molecule has 0 saturated carbocycles. The lowest BCUT2D eigenvalue weighted by Crippen LogP contribution is -2.29. The number of ether oxygens (including phenoxy) is 1. The molecule has 6 heteroatoms. The number of nitrogens with one attached hydrogen (secondary N) is 1. The Bertz CT molecular complexity index is 780. The molecule has 0 spiro atoms. The molecule has 6 nitrogen and oxygen atoms in total. The minimum absolute atomic E-state index is 0.178. The molecule has 30 heavy (non-hydrogen) atoms. The third-order valence-electron chi connectivity index (χ3n) is 5.46. The van der Waals surface area contributed by atoms with Crippen LogP contribution in [0.25, 0.3) is 0 Å². The smallest absolute Gasteiger partial charge is 0.246 e. The maximum atomic E-state index is 12.2. The van der Waals surface area contributed by atoms with Crippen LogP contribution in [0.15, 0.2) is 42.6 Å². The Hall–Kier alpha value is -2.28. The van der Waals surface area contributed by atoms with Gasteiger partial charge in [0.15, 0.2) is 0 Å². The van der Waals surface area contributed by atoms with Crippen molar-refractivity contribution in [3.63, 3.8) is 0 Å². The van der Waals surface area contributed by atoms with E-state index in [1.165, 1.54) is 11.1 Å². The minimum atomic E-state index is -0.346. The summed E-state index contributed by atoms with van der Waals surface area (Å²) in [6.07, 6.45) is 4.77. The van der Waals surface area contributed by atoms with E-state index < -0.39 is 0 Å². The average molecular weight is 414 g/mol. The van der Waals surface area contributed by atoms with Gasteiger partial charge in [0.2, 0.25) is 5.91 Å². The molecule has 0 bridgehead atoms. The SMILES string of the molecule is CO[C@H](C[C@H](CCCCN(C)Cc1cc(C)ccn1)C(=O)NO)c1ccc(C)cc1. The van der Waals surface area contributed by atoms with Crippen molar-refractivity contribution in [2.45, 2.75) is 52.2 Å². The number of hydrogen-bond donors (Lipinski definition) is 2. The fourth-order valence-electron chi connectivity index (χ4n) is 3.67. The van der Waals surface area contributed by atoms with Gasteiger partial charge < -0.3 is 9.64 Å². The van der Waals surface area contributed by atoms with Crippen LogP contribution in [0.4, 0.5) is 0 Å². The number of hydroxylamine groups is 1. The molecule has 0 fully saturated rings. The molecule has 2 atom stereocenters. The summed E-state index contributed by atoms with van der Waals surface area (Å²) in [4.78, 5) is 18.9. The van der Waals surface area contributed by atoms with Gasteiger partial charge in [-0.1, -0.05) is 36.2 Å². The summed E-state index contributed by atoms with van der Waals surface area (Å²) in [5.74, 6) is -0.647. The lowest BCUT2D eigenvalue weighted by Gasteiger charge is -2.22. The van der Waals surface area contributed by atoms with E-state index in [1.807, 2.05) is 48.9 Å². The molecule has 0 aliphatic carbocycles. The Kier molecular flexibility index (Phi) is 9.94. The Balaban J connectivity index is 1.84. The highest BCUT2D eigenvalue weighted by molar-refractivity contribution is 5.77. The lowest BCUT2D eigenvalue weighted by molar-refractivity contribution is -0.135. The van der Waals surface area contributed by atoms with Crippen molar-refractivity contribution in [3.8, 4) is 0 Å². The molecule has 0 saturated heterocycles. The largest absolute Gasteiger partial charge is 0.377 e. The maximum Gasteiger partial charge on any atom is 0.246 e. The number of methoxy groups -OCH3 is 1. The third-order valence-corrected chi connectivity index (χ3v) is 5.46. The highest BCUT2D eigenvalue weighted by Gasteiger charge is 2.23. The van der Waals surface area contributed by atoms with Crippen LogP contribution in [-0.4, -0.2) is 41.7 Å². The van der Waals surface area contributed by atoms with Gasteiger partial charge in [-0.15, -0.1) is 0 Å². The molecule has 1 heterocycles. The van der Waals surface area contributed by atoms with Crippen molar-refractivity contribution < 1.29 is 14.7 Å². The zero-order chi connectivity index (χ0) is 21.9. The summed E-state index contributed by atoms with van der Waals surface area (Å²) >= 11 is 0. The van der Waals surface area contributed by atoms with E-state index >= 15 is 0 Å². The summed E-state index contributed by atoms with van der Waals surface area (Å²) in [5, 5.41) is 9.17. The Labute approximate surface area is 180 Å². The van der Waals surface area contributed by atoms with Crippen molar-refractivity contribution in [2.75, 3.05) is 20.7 Å². The van der Waals surface area contributed by atoms with Crippen molar-refractivity contribution in [2.24, 2.45) is 5.92 Å². The first-order chi connectivity index (χ1) is 14.4. The van der Waals surface area contributed by atoms with E-state index in [1.54, 1.807) is 7.11 Å². The monoisotopic (exact) mass is 413 g/mol. The van der Waals surface area contributed by atoms with Crippen LogP contribution in [0.5, 0.6) is 0 Å². The second-order valence-corrected chi connectivity index (χ2v) is 8.10. The molecule has 2 aromatic rings. The number of pyridine rings is 1. The van der Waals surface area contributed by atoms with E-state index in [4.69, 9.17) is 4.74 Å². The number of hydrogen-bond acceptors (Lipinski definition) is 5. The molecule has 1 aromatic carbocycles. The first kappa shape index (κ1) is 24.0. The summed E-state index contributed by atoms with van der Waals surface area (Å²) in [6.45, 7) is 5.84.